The predicted molar refractivity (Wildman–Crippen MR) is 130 cm³/mol. The summed E-state index contributed by atoms with van der Waals surface area (Å²) >= 11 is 0. The van der Waals surface area contributed by atoms with E-state index in [1.807, 2.05) is 29.2 Å². The maximum absolute atomic E-state index is 13.3. The number of para-hydroxylation sites is 1. The van der Waals surface area contributed by atoms with E-state index in [4.69, 9.17) is 15.2 Å². The van der Waals surface area contributed by atoms with E-state index >= 15 is 0 Å². The molecule has 7 nitrogen and oxygen atoms in total. The number of carbonyl (C=O) groups is 1. The van der Waals surface area contributed by atoms with E-state index in [2.05, 4.69) is 0 Å². The van der Waals surface area contributed by atoms with Crippen LogP contribution in [0.2, 0.25) is 0 Å². The Hall–Kier alpha value is -1.67. The molecule has 1 aliphatic heterocycles. The van der Waals surface area contributed by atoms with Crippen LogP contribution < -0.4 is 10.5 Å². The molecule has 0 radical (unpaired) electrons. The van der Waals surface area contributed by atoms with Crippen LogP contribution >= 0.6 is 0 Å². The molecule has 190 valence electrons. The summed E-state index contributed by atoms with van der Waals surface area (Å²) in [7, 11) is 1.70. The normalized spacial score (nSPS) is 29.1. The second-order valence-electron chi connectivity index (χ2n) is 10.6. The zero-order valence-electron chi connectivity index (χ0n) is 20.5. The fourth-order valence-corrected chi connectivity index (χ4v) is 5.72. The number of piperidine rings is 1. The molecule has 4 rings (SSSR count). The monoisotopic (exact) mass is 474 g/mol. The number of likely N-dealkylation sites (tertiary alicyclic amines) is 1. The molecule has 0 aromatic heterocycles. The first-order valence-corrected chi connectivity index (χ1v) is 13.1. The third-order valence-corrected chi connectivity index (χ3v) is 8.02. The van der Waals surface area contributed by atoms with Crippen molar-refractivity contribution in [1.29, 1.82) is 0 Å². The van der Waals surface area contributed by atoms with Gasteiger partial charge in [0.25, 0.3) is 0 Å². The summed E-state index contributed by atoms with van der Waals surface area (Å²) in [6.07, 6.45) is 6.78. The van der Waals surface area contributed by atoms with Crippen molar-refractivity contribution in [1.82, 2.24) is 4.90 Å². The molecule has 0 bridgehead atoms. The van der Waals surface area contributed by atoms with Gasteiger partial charge in [0.2, 0.25) is 5.91 Å². The predicted octanol–water partition coefficient (Wildman–Crippen LogP) is 2.82. The van der Waals surface area contributed by atoms with Gasteiger partial charge >= 0.3 is 0 Å². The number of benzene rings is 1. The van der Waals surface area contributed by atoms with Crippen molar-refractivity contribution in [2.75, 3.05) is 33.4 Å². The number of methoxy groups -OCH3 is 1. The summed E-state index contributed by atoms with van der Waals surface area (Å²) < 4.78 is 11.4. The highest BCUT2D eigenvalue weighted by Crippen LogP contribution is 2.44. The highest BCUT2D eigenvalue weighted by atomic mass is 16.5. The number of amides is 1. The fraction of sp³-hybridized carbons (Fsp3) is 0.741. The first kappa shape index (κ1) is 25.4. The van der Waals surface area contributed by atoms with E-state index in [9.17, 15) is 15.0 Å². The van der Waals surface area contributed by atoms with Gasteiger partial charge in [-0.05, 0) is 69.8 Å². The van der Waals surface area contributed by atoms with Gasteiger partial charge in [0.1, 0.15) is 5.75 Å². The summed E-state index contributed by atoms with van der Waals surface area (Å²) in [5.41, 5.74) is 5.73. The van der Waals surface area contributed by atoms with E-state index in [0.29, 0.717) is 51.5 Å². The molecule has 2 saturated carbocycles. The van der Waals surface area contributed by atoms with E-state index in [-0.39, 0.29) is 23.8 Å². The molecule has 1 heterocycles. The lowest BCUT2D eigenvalue weighted by atomic mass is 9.73. The third kappa shape index (κ3) is 5.93. The first-order chi connectivity index (χ1) is 16.4. The maximum Gasteiger partial charge on any atom is 0.225 e. The highest BCUT2D eigenvalue weighted by molar-refractivity contribution is 5.79. The van der Waals surface area contributed by atoms with Gasteiger partial charge in [0.05, 0.1) is 18.3 Å². The largest absolute Gasteiger partial charge is 0.493 e. The molecule has 5 atom stereocenters. The van der Waals surface area contributed by atoms with Gasteiger partial charge in [-0.2, -0.15) is 0 Å². The van der Waals surface area contributed by atoms with Gasteiger partial charge in [-0.1, -0.05) is 18.2 Å². The Morgan fingerprint density at radius 1 is 1.21 bits per heavy atom. The number of nitrogens with zero attached hydrogens (tertiary/aromatic N) is 1. The molecule has 34 heavy (non-hydrogen) atoms. The Morgan fingerprint density at radius 3 is 2.71 bits per heavy atom. The molecule has 0 spiro atoms. The van der Waals surface area contributed by atoms with Crippen LogP contribution in [-0.4, -0.2) is 66.6 Å². The number of rotatable bonds is 11. The van der Waals surface area contributed by atoms with E-state index in [1.165, 1.54) is 12.8 Å². The summed E-state index contributed by atoms with van der Waals surface area (Å²) in [6, 6.07) is 7.55. The molecule has 1 saturated heterocycles. The minimum absolute atomic E-state index is 0.0664. The fourth-order valence-electron chi connectivity index (χ4n) is 5.72. The Morgan fingerprint density at radius 2 is 2.00 bits per heavy atom. The molecule has 2 aliphatic carbocycles. The van der Waals surface area contributed by atoms with Crippen LogP contribution in [0.4, 0.5) is 0 Å². The van der Waals surface area contributed by atoms with Crippen LogP contribution in [0.15, 0.2) is 24.3 Å². The van der Waals surface area contributed by atoms with Crippen molar-refractivity contribution < 1.29 is 24.5 Å². The number of hydrogen-bond donors (Lipinski definition) is 3. The molecule has 1 amide bonds. The van der Waals surface area contributed by atoms with Crippen LogP contribution in [0.3, 0.4) is 0 Å². The zero-order chi connectivity index (χ0) is 24.1. The summed E-state index contributed by atoms with van der Waals surface area (Å²) in [5.74, 6) is 1.14. The van der Waals surface area contributed by atoms with E-state index in [0.717, 1.165) is 37.0 Å². The van der Waals surface area contributed by atoms with Crippen molar-refractivity contribution in [3.8, 4) is 5.75 Å². The molecule has 4 N–H and O–H groups in total. The highest BCUT2D eigenvalue weighted by Gasteiger charge is 2.44. The van der Waals surface area contributed by atoms with Crippen LogP contribution in [0, 0.1) is 17.8 Å². The molecule has 1 aromatic rings. The van der Waals surface area contributed by atoms with E-state index in [1.54, 1.807) is 7.11 Å². The Balaban J connectivity index is 1.53. The zero-order valence-corrected chi connectivity index (χ0v) is 20.5. The first-order valence-electron chi connectivity index (χ1n) is 13.1. The lowest BCUT2D eigenvalue weighted by Crippen LogP contribution is -2.49. The Bertz CT molecular complexity index is 806. The average molecular weight is 475 g/mol. The minimum atomic E-state index is -1.08. The van der Waals surface area contributed by atoms with E-state index < -0.39 is 11.7 Å². The summed E-state index contributed by atoms with van der Waals surface area (Å²) in [6.45, 7) is 2.56. The molecular weight excluding hydrogens is 432 g/mol. The number of nitrogens with two attached hydrogens (primary N) is 1. The Kier molecular flexibility index (Phi) is 8.51. The standard InChI is InChI=1S/C27H42N2O5/c1-33-14-5-4-12-27(32,22-8-2-3-9-25(22)34-18-19-10-11-19)21-7-6-13-29(17-21)26(31)20-15-23(28)24(30)16-20/h2-3,8-9,19-21,23-24,30,32H,4-7,10-18,28H2,1H3/t20-,21+,23+,24-,27?/m0/s1. The number of hydrogen-bond acceptors (Lipinski definition) is 6. The number of ether oxygens (including phenoxy) is 2. The quantitative estimate of drug-likeness (QED) is 0.426. The number of carbonyl (C=O) groups excluding carboxylic acids is 1. The molecule has 3 fully saturated rings. The van der Waals surface area contributed by atoms with Crippen LogP contribution in [0.1, 0.15) is 63.4 Å². The van der Waals surface area contributed by atoms with Crippen LogP contribution in [0.5, 0.6) is 5.75 Å². The van der Waals surface area contributed by atoms with Crippen molar-refractivity contribution in [3.05, 3.63) is 29.8 Å². The summed E-state index contributed by atoms with van der Waals surface area (Å²) in [5, 5.41) is 22.3. The van der Waals surface area contributed by atoms with Gasteiger partial charge in [-0.25, -0.2) is 0 Å². The van der Waals surface area contributed by atoms with Crippen LogP contribution in [0.25, 0.3) is 0 Å². The maximum atomic E-state index is 13.3. The molecule has 1 aromatic carbocycles. The van der Waals surface area contributed by atoms with Crippen molar-refractivity contribution in [3.63, 3.8) is 0 Å². The Labute approximate surface area is 203 Å². The van der Waals surface area contributed by atoms with Gasteiger partial charge in [0, 0.05) is 50.2 Å². The van der Waals surface area contributed by atoms with Gasteiger partial charge in [0.15, 0.2) is 0 Å². The number of aliphatic hydroxyl groups excluding tert-OH is 1. The summed E-state index contributed by atoms with van der Waals surface area (Å²) in [4.78, 5) is 15.2. The lowest BCUT2D eigenvalue weighted by molar-refractivity contribution is -0.141. The van der Waals surface area contributed by atoms with Gasteiger partial charge in [-0.3, -0.25) is 4.79 Å². The topological polar surface area (TPSA) is 105 Å². The van der Waals surface area contributed by atoms with Gasteiger partial charge in [-0.15, -0.1) is 0 Å². The van der Waals surface area contributed by atoms with Crippen LogP contribution in [-0.2, 0) is 15.1 Å². The number of aliphatic hydroxyl groups is 2. The molecule has 7 heteroatoms. The second kappa shape index (κ2) is 11.4. The van der Waals surface area contributed by atoms with Crippen molar-refractivity contribution >= 4 is 5.91 Å². The SMILES string of the molecule is COCCCCC(O)(c1ccccc1OCC1CC1)[C@@H]1CCCN(C(=O)[C@H]2C[C@@H](N)[C@@H](O)C2)C1. The average Bonchev–Trinajstić information content (AvgIpc) is 3.63. The molecule has 1 unspecified atom stereocenters. The molecule has 3 aliphatic rings. The van der Waals surface area contributed by atoms with Crippen molar-refractivity contribution in [2.45, 2.75) is 75.5 Å². The smallest absolute Gasteiger partial charge is 0.225 e. The minimum Gasteiger partial charge on any atom is -0.493 e. The van der Waals surface area contributed by atoms with Gasteiger partial charge < -0.3 is 30.3 Å². The second-order valence-corrected chi connectivity index (χ2v) is 10.6. The van der Waals surface area contributed by atoms with Crippen molar-refractivity contribution in [2.24, 2.45) is 23.5 Å². The third-order valence-electron chi connectivity index (χ3n) is 8.02. The molecular formula is C27H42N2O5. The number of unbranched alkanes of at least 4 members (excludes halogenated alkanes) is 1. The lowest BCUT2D eigenvalue weighted by Gasteiger charge is -2.44.